The molecule has 2 aromatic rings. The van der Waals surface area contributed by atoms with Gasteiger partial charge in [0.1, 0.15) is 5.75 Å². The summed E-state index contributed by atoms with van der Waals surface area (Å²) >= 11 is 0. The van der Waals surface area contributed by atoms with Crippen molar-refractivity contribution in [2.45, 2.75) is 13.0 Å². The highest BCUT2D eigenvalue weighted by Crippen LogP contribution is 2.22. The number of ether oxygens (including phenoxy) is 1. The first-order valence-corrected chi connectivity index (χ1v) is 7.83. The lowest BCUT2D eigenvalue weighted by molar-refractivity contribution is -0.136. The number of nitrogens with zero attached hydrogens (tertiary/aromatic N) is 2. The Labute approximate surface area is 136 Å². The van der Waals surface area contributed by atoms with Crippen LogP contribution in [0.15, 0.2) is 48.8 Å². The van der Waals surface area contributed by atoms with Gasteiger partial charge in [-0.2, -0.15) is 0 Å². The number of benzene rings is 1. The fraction of sp³-hybridized carbons (Fsp3) is 0.333. The first kappa shape index (κ1) is 15.5. The van der Waals surface area contributed by atoms with E-state index in [1.54, 1.807) is 6.20 Å². The fourth-order valence-corrected chi connectivity index (χ4v) is 2.81. The first-order valence-electron chi connectivity index (χ1n) is 7.83. The van der Waals surface area contributed by atoms with Crippen molar-refractivity contribution in [2.24, 2.45) is 0 Å². The molecule has 0 saturated carbocycles. The molecule has 1 saturated heterocycles. The molecule has 0 bridgehead atoms. The molecule has 3 rings (SSSR count). The molecule has 1 aliphatic rings. The van der Waals surface area contributed by atoms with Crippen molar-refractivity contribution >= 4 is 5.91 Å². The number of amides is 1. The van der Waals surface area contributed by atoms with E-state index < -0.39 is 0 Å². The number of aryl methyl sites for hydroxylation is 1. The number of aromatic nitrogens is 1. The Morgan fingerprint density at radius 1 is 1.39 bits per heavy atom. The van der Waals surface area contributed by atoms with Gasteiger partial charge < -0.3 is 15.0 Å². The number of hydrogen-bond acceptors (Lipinski definition) is 4. The lowest BCUT2D eigenvalue weighted by atomic mass is 10.1. The first-order chi connectivity index (χ1) is 11.2. The van der Waals surface area contributed by atoms with E-state index in [-0.39, 0.29) is 18.6 Å². The molecule has 1 aliphatic heterocycles. The van der Waals surface area contributed by atoms with E-state index in [1.165, 1.54) is 0 Å². The predicted molar refractivity (Wildman–Crippen MR) is 88.2 cm³/mol. The number of carbonyl (C=O) groups excluding carboxylic acids is 1. The SMILES string of the molecule is Cc1cccc(OCC(=O)N2CCNCC2c2cccnc2)c1. The molecule has 0 aliphatic carbocycles. The van der Waals surface area contributed by atoms with Crippen LogP contribution >= 0.6 is 0 Å². The van der Waals surface area contributed by atoms with Crippen molar-refractivity contribution < 1.29 is 9.53 Å². The third-order valence-electron chi connectivity index (χ3n) is 3.98. The van der Waals surface area contributed by atoms with Crippen LogP contribution in [-0.4, -0.2) is 42.0 Å². The summed E-state index contributed by atoms with van der Waals surface area (Å²) in [7, 11) is 0. The zero-order chi connectivity index (χ0) is 16.1. The largest absolute Gasteiger partial charge is 0.484 e. The van der Waals surface area contributed by atoms with Gasteiger partial charge in [0.25, 0.3) is 5.91 Å². The Bertz CT molecular complexity index is 660. The maximum Gasteiger partial charge on any atom is 0.261 e. The Morgan fingerprint density at radius 3 is 3.09 bits per heavy atom. The molecular formula is C18H21N3O2. The van der Waals surface area contributed by atoms with Gasteiger partial charge in [0.15, 0.2) is 6.61 Å². The number of pyridine rings is 1. The second kappa shape index (κ2) is 7.24. The lowest BCUT2D eigenvalue weighted by Crippen LogP contribution is -2.50. The topological polar surface area (TPSA) is 54.5 Å². The van der Waals surface area contributed by atoms with Crippen LogP contribution in [0, 0.1) is 6.92 Å². The quantitative estimate of drug-likeness (QED) is 0.937. The van der Waals surface area contributed by atoms with Gasteiger partial charge in [-0.05, 0) is 36.2 Å². The van der Waals surface area contributed by atoms with Crippen LogP contribution in [0.5, 0.6) is 5.75 Å². The van der Waals surface area contributed by atoms with E-state index in [1.807, 2.05) is 54.4 Å². The maximum atomic E-state index is 12.6. The minimum Gasteiger partial charge on any atom is -0.484 e. The van der Waals surface area contributed by atoms with Crippen LogP contribution in [-0.2, 0) is 4.79 Å². The van der Waals surface area contributed by atoms with Gasteiger partial charge >= 0.3 is 0 Å². The molecular weight excluding hydrogens is 290 g/mol. The standard InChI is InChI=1S/C18H21N3O2/c1-14-4-2-6-16(10-14)23-13-18(22)21-9-8-20-12-17(21)15-5-3-7-19-11-15/h2-7,10-11,17,20H,8-9,12-13H2,1H3. The Kier molecular flexibility index (Phi) is 4.88. The molecule has 0 radical (unpaired) electrons. The van der Waals surface area contributed by atoms with Gasteiger partial charge in [0.2, 0.25) is 0 Å². The molecule has 1 fully saturated rings. The highest BCUT2D eigenvalue weighted by atomic mass is 16.5. The van der Waals surface area contributed by atoms with Gasteiger partial charge in [-0.15, -0.1) is 0 Å². The number of piperazine rings is 1. The second-order valence-corrected chi connectivity index (χ2v) is 5.70. The minimum atomic E-state index is 0.00172. The molecule has 120 valence electrons. The van der Waals surface area contributed by atoms with E-state index in [0.717, 1.165) is 30.0 Å². The van der Waals surface area contributed by atoms with Crippen molar-refractivity contribution in [2.75, 3.05) is 26.2 Å². The van der Waals surface area contributed by atoms with E-state index in [0.29, 0.717) is 6.54 Å². The summed E-state index contributed by atoms with van der Waals surface area (Å²) in [6.07, 6.45) is 3.56. The summed E-state index contributed by atoms with van der Waals surface area (Å²) in [6.45, 7) is 4.27. The molecule has 1 aromatic carbocycles. The van der Waals surface area contributed by atoms with Crippen LogP contribution < -0.4 is 10.1 Å². The smallest absolute Gasteiger partial charge is 0.261 e. The minimum absolute atomic E-state index is 0.00172. The number of hydrogen-bond donors (Lipinski definition) is 1. The van der Waals surface area contributed by atoms with Crippen LogP contribution in [0.2, 0.25) is 0 Å². The highest BCUT2D eigenvalue weighted by Gasteiger charge is 2.28. The number of rotatable bonds is 4. The summed E-state index contributed by atoms with van der Waals surface area (Å²) in [5, 5.41) is 3.34. The van der Waals surface area contributed by atoms with Gasteiger partial charge in [-0.1, -0.05) is 18.2 Å². The zero-order valence-corrected chi connectivity index (χ0v) is 13.2. The Hall–Kier alpha value is -2.40. The summed E-state index contributed by atoms with van der Waals surface area (Å²) < 4.78 is 5.66. The number of carbonyl (C=O) groups is 1. The average molecular weight is 311 g/mol. The van der Waals surface area contributed by atoms with Crippen molar-refractivity contribution in [1.82, 2.24) is 15.2 Å². The number of nitrogens with one attached hydrogen (secondary N) is 1. The molecule has 1 atom stereocenters. The monoisotopic (exact) mass is 311 g/mol. The average Bonchev–Trinajstić information content (AvgIpc) is 2.60. The zero-order valence-electron chi connectivity index (χ0n) is 13.2. The van der Waals surface area contributed by atoms with Gasteiger partial charge in [0.05, 0.1) is 6.04 Å². The van der Waals surface area contributed by atoms with E-state index in [4.69, 9.17) is 4.74 Å². The van der Waals surface area contributed by atoms with Gasteiger partial charge in [-0.3, -0.25) is 9.78 Å². The normalized spacial score (nSPS) is 17.8. The molecule has 1 amide bonds. The van der Waals surface area contributed by atoms with Crippen molar-refractivity contribution in [1.29, 1.82) is 0 Å². The van der Waals surface area contributed by atoms with Gasteiger partial charge in [0, 0.05) is 32.0 Å². The molecule has 0 spiro atoms. The fourth-order valence-electron chi connectivity index (χ4n) is 2.81. The maximum absolute atomic E-state index is 12.6. The van der Waals surface area contributed by atoms with Crippen LogP contribution in [0.4, 0.5) is 0 Å². The summed E-state index contributed by atoms with van der Waals surface area (Å²) in [6, 6.07) is 11.6. The molecule has 2 heterocycles. The molecule has 23 heavy (non-hydrogen) atoms. The summed E-state index contributed by atoms with van der Waals surface area (Å²) in [5.41, 5.74) is 2.16. The van der Waals surface area contributed by atoms with Crippen LogP contribution in [0.1, 0.15) is 17.2 Å². The Balaban J connectivity index is 1.67. The van der Waals surface area contributed by atoms with Gasteiger partial charge in [-0.25, -0.2) is 0 Å². The highest BCUT2D eigenvalue weighted by molar-refractivity contribution is 5.78. The summed E-state index contributed by atoms with van der Waals surface area (Å²) in [4.78, 5) is 18.6. The molecule has 5 nitrogen and oxygen atoms in total. The van der Waals surface area contributed by atoms with Crippen molar-refractivity contribution in [3.05, 3.63) is 59.9 Å². The molecule has 1 unspecified atom stereocenters. The van der Waals surface area contributed by atoms with Crippen molar-refractivity contribution in [3.8, 4) is 5.75 Å². The van der Waals surface area contributed by atoms with E-state index >= 15 is 0 Å². The van der Waals surface area contributed by atoms with Crippen LogP contribution in [0.25, 0.3) is 0 Å². The third kappa shape index (κ3) is 3.87. The lowest BCUT2D eigenvalue weighted by Gasteiger charge is -2.36. The van der Waals surface area contributed by atoms with E-state index in [9.17, 15) is 4.79 Å². The molecule has 5 heteroatoms. The van der Waals surface area contributed by atoms with Crippen molar-refractivity contribution in [3.63, 3.8) is 0 Å². The third-order valence-corrected chi connectivity index (χ3v) is 3.98. The summed E-state index contributed by atoms with van der Waals surface area (Å²) in [5.74, 6) is 0.730. The predicted octanol–water partition coefficient (Wildman–Crippen LogP) is 1.94. The second-order valence-electron chi connectivity index (χ2n) is 5.70. The Morgan fingerprint density at radius 2 is 2.30 bits per heavy atom. The van der Waals surface area contributed by atoms with E-state index in [2.05, 4.69) is 10.3 Å². The van der Waals surface area contributed by atoms with Crippen LogP contribution in [0.3, 0.4) is 0 Å². The molecule has 1 N–H and O–H groups in total. The molecule has 1 aromatic heterocycles.